The van der Waals surface area contributed by atoms with Crippen molar-refractivity contribution >= 4 is 23.3 Å². The molecule has 21 heavy (non-hydrogen) atoms. The van der Waals surface area contributed by atoms with E-state index in [1.54, 1.807) is 37.0 Å². The summed E-state index contributed by atoms with van der Waals surface area (Å²) in [5.41, 5.74) is -0.557. The monoisotopic (exact) mass is 310 g/mol. The first-order valence-corrected chi connectivity index (χ1v) is 8.04. The molecule has 1 fully saturated rings. The second-order valence-corrected chi connectivity index (χ2v) is 7.21. The van der Waals surface area contributed by atoms with Crippen LogP contribution in [0, 0.1) is 0 Å². The Morgan fingerprint density at radius 3 is 2.90 bits per heavy atom. The number of nitrogens with one attached hydrogen (secondary N) is 1. The van der Waals surface area contributed by atoms with Crippen LogP contribution in [0.3, 0.4) is 0 Å². The van der Waals surface area contributed by atoms with E-state index >= 15 is 0 Å². The third kappa shape index (κ3) is 4.74. The molecule has 2 amide bonds. The highest BCUT2D eigenvalue weighted by molar-refractivity contribution is 7.09. The highest BCUT2D eigenvalue weighted by Gasteiger charge is 2.31. The molecule has 0 bridgehead atoms. The van der Waals surface area contributed by atoms with Crippen molar-refractivity contribution in [2.24, 2.45) is 0 Å². The number of piperidine rings is 1. The molecular weight excluding hydrogens is 288 g/mol. The minimum atomic E-state index is -0.557. The maximum Gasteiger partial charge on any atom is 0.408 e. The zero-order valence-electron chi connectivity index (χ0n) is 12.7. The Morgan fingerprint density at radius 1 is 1.52 bits per heavy atom. The largest absolute Gasteiger partial charge is 0.444 e. The topological polar surface area (TPSA) is 58.6 Å². The van der Waals surface area contributed by atoms with Crippen molar-refractivity contribution in [3.05, 3.63) is 22.4 Å². The van der Waals surface area contributed by atoms with Gasteiger partial charge < -0.3 is 15.0 Å². The summed E-state index contributed by atoms with van der Waals surface area (Å²) in [6.45, 7) is 6.77. The Kier molecular flexibility index (Phi) is 4.88. The summed E-state index contributed by atoms with van der Waals surface area (Å²) >= 11 is 1.64. The van der Waals surface area contributed by atoms with Gasteiger partial charge in [-0.3, -0.25) is 4.79 Å². The molecule has 1 atom stereocenters. The van der Waals surface area contributed by atoms with Crippen molar-refractivity contribution in [2.75, 3.05) is 6.54 Å². The van der Waals surface area contributed by atoms with E-state index in [0.29, 0.717) is 13.0 Å². The smallest absolute Gasteiger partial charge is 0.408 e. The number of carbonyl (C=O) groups excluding carboxylic acids is 2. The molecule has 0 unspecified atom stereocenters. The number of likely N-dealkylation sites (tertiary alicyclic amines) is 1. The lowest BCUT2D eigenvalue weighted by atomic mass is 10.0. The summed E-state index contributed by atoms with van der Waals surface area (Å²) in [6.07, 6.45) is 1.02. The standard InChI is InChI=1S/C15H22N2O3S/c1-15(2,3)20-14(19)16-12-7-4-8-17(13(12)18)10-11-6-5-9-21-11/h5-6,9,12H,4,7-8,10H2,1-3H3,(H,16,19)/t12-/m0/s1. The number of alkyl carbamates (subject to hydrolysis) is 1. The van der Waals surface area contributed by atoms with Crippen LogP contribution in [0.4, 0.5) is 4.79 Å². The number of hydrogen-bond acceptors (Lipinski definition) is 4. The molecule has 0 spiro atoms. The summed E-state index contributed by atoms with van der Waals surface area (Å²) in [7, 11) is 0. The van der Waals surface area contributed by atoms with Gasteiger partial charge in [-0.1, -0.05) is 6.07 Å². The third-order valence-electron chi connectivity index (χ3n) is 3.15. The van der Waals surface area contributed by atoms with Gasteiger partial charge in [-0.15, -0.1) is 11.3 Å². The summed E-state index contributed by atoms with van der Waals surface area (Å²) in [5, 5.41) is 4.69. The Balaban J connectivity index is 1.92. The van der Waals surface area contributed by atoms with Gasteiger partial charge in [0.05, 0.1) is 6.54 Å². The van der Waals surface area contributed by atoms with E-state index in [1.807, 2.05) is 17.5 Å². The molecule has 1 N–H and O–H groups in total. The number of rotatable bonds is 3. The van der Waals surface area contributed by atoms with Crippen LogP contribution >= 0.6 is 11.3 Å². The molecule has 1 aromatic heterocycles. The minimum Gasteiger partial charge on any atom is -0.444 e. The van der Waals surface area contributed by atoms with Gasteiger partial charge in [0.1, 0.15) is 11.6 Å². The molecule has 0 aliphatic carbocycles. The average molecular weight is 310 g/mol. The number of ether oxygens (including phenoxy) is 1. The normalized spacial score (nSPS) is 19.5. The highest BCUT2D eigenvalue weighted by atomic mass is 32.1. The van der Waals surface area contributed by atoms with Gasteiger partial charge in [0, 0.05) is 11.4 Å². The van der Waals surface area contributed by atoms with Crippen molar-refractivity contribution in [1.82, 2.24) is 10.2 Å². The van der Waals surface area contributed by atoms with Gasteiger partial charge >= 0.3 is 6.09 Å². The van der Waals surface area contributed by atoms with Gasteiger partial charge in [-0.2, -0.15) is 0 Å². The van der Waals surface area contributed by atoms with Crippen molar-refractivity contribution in [1.29, 1.82) is 0 Å². The molecule has 0 saturated carbocycles. The number of thiophene rings is 1. The third-order valence-corrected chi connectivity index (χ3v) is 4.01. The lowest BCUT2D eigenvalue weighted by Gasteiger charge is -2.32. The number of hydrogen-bond donors (Lipinski definition) is 1. The summed E-state index contributed by atoms with van der Waals surface area (Å²) in [4.78, 5) is 27.2. The van der Waals surface area contributed by atoms with Gasteiger partial charge in [0.25, 0.3) is 0 Å². The summed E-state index contributed by atoms with van der Waals surface area (Å²) < 4.78 is 5.21. The number of carbonyl (C=O) groups is 2. The van der Waals surface area contributed by atoms with E-state index in [-0.39, 0.29) is 5.91 Å². The van der Waals surface area contributed by atoms with Crippen LogP contribution in [0.5, 0.6) is 0 Å². The van der Waals surface area contributed by atoms with E-state index in [0.717, 1.165) is 17.8 Å². The van der Waals surface area contributed by atoms with Crippen molar-refractivity contribution in [3.63, 3.8) is 0 Å². The molecule has 1 aromatic rings. The molecule has 2 heterocycles. The van der Waals surface area contributed by atoms with Crippen LogP contribution in [0.15, 0.2) is 17.5 Å². The van der Waals surface area contributed by atoms with E-state index in [4.69, 9.17) is 4.74 Å². The molecule has 0 radical (unpaired) electrons. The van der Waals surface area contributed by atoms with Crippen molar-refractivity contribution < 1.29 is 14.3 Å². The van der Waals surface area contributed by atoms with Crippen LogP contribution in [0.2, 0.25) is 0 Å². The number of amides is 2. The lowest BCUT2D eigenvalue weighted by molar-refractivity contribution is -0.136. The fraction of sp³-hybridized carbons (Fsp3) is 0.600. The fourth-order valence-corrected chi connectivity index (χ4v) is 2.99. The van der Waals surface area contributed by atoms with Crippen LogP contribution in [0.25, 0.3) is 0 Å². The summed E-state index contributed by atoms with van der Waals surface area (Å²) in [6, 6.07) is 3.52. The van der Waals surface area contributed by atoms with Crippen LogP contribution in [0.1, 0.15) is 38.5 Å². The first-order chi connectivity index (χ1) is 9.85. The first kappa shape index (κ1) is 15.8. The van der Waals surface area contributed by atoms with Gasteiger partial charge in [0.2, 0.25) is 5.91 Å². The fourth-order valence-electron chi connectivity index (χ4n) is 2.27. The Morgan fingerprint density at radius 2 is 2.29 bits per heavy atom. The zero-order valence-corrected chi connectivity index (χ0v) is 13.5. The highest BCUT2D eigenvalue weighted by Crippen LogP contribution is 2.18. The molecule has 5 nitrogen and oxygen atoms in total. The van der Waals surface area contributed by atoms with E-state index in [1.165, 1.54) is 0 Å². The van der Waals surface area contributed by atoms with Crippen LogP contribution in [-0.4, -0.2) is 35.1 Å². The van der Waals surface area contributed by atoms with E-state index in [2.05, 4.69) is 5.32 Å². The van der Waals surface area contributed by atoms with E-state index < -0.39 is 17.7 Å². The Hall–Kier alpha value is -1.56. The maximum atomic E-state index is 12.4. The number of nitrogens with zero attached hydrogens (tertiary/aromatic N) is 1. The van der Waals surface area contributed by atoms with Crippen molar-refractivity contribution in [2.45, 2.75) is 51.8 Å². The predicted octanol–water partition coefficient (Wildman–Crippen LogP) is 2.76. The second kappa shape index (κ2) is 6.47. The lowest BCUT2D eigenvalue weighted by Crippen LogP contribution is -2.52. The molecule has 1 aliphatic rings. The minimum absolute atomic E-state index is 0.0273. The Labute approximate surface area is 129 Å². The molecule has 1 saturated heterocycles. The van der Waals surface area contributed by atoms with Crippen LogP contribution in [-0.2, 0) is 16.1 Å². The average Bonchev–Trinajstić information content (AvgIpc) is 2.85. The first-order valence-electron chi connectivity index (χ1n) is 7.16. The quantitative estimate of drug-likeness (QED) is 0.934. The predicted molar refractivity (Wildman–Crippen MR) is 82.1 cm³/mol. The SMILES string of the molecule is CC(C)(C)OC(=O)N[C@H]1CCCN(Cc2cccs2)C1=O. The Bertz CT molecular complexity index is 494. The molecule has 6 heteroatoms. The molecule has 116 valence electrons. The maximum absolute atomic E-state index is 12.4. The van der Waals surface area contributed by atoms with Gasteiger partial charge in [0.15, 0.2) is 0 Å². The molecule has 0 aromatic carbocycles. The van der Waals surface area contributed by atoms with Crippen molar-refractivity contribution in [3.8, 4) is 0 Å². The van der Waals surface area contributed by atoms with Crippen LogP contribution < -0.4 is 5.32 Å². The molecule has 1 aliphatic heterocycles. The summed E-state index contributed by atoms with van der Waals surface area (Å²) in [5.74, 6) is -0.0273. The van der Waals surface area contributed by atoms with Gasteiger partial charge in [-0.05, 0) is 45.1 Å². The zero-order chi connectivity index (χ0) is 15.5. The van der Waals surface area contributed by atoms with Gasteiger partial charge in [-0.25, -0.2) is 4.79 Å². The molecular formula is C15H22N2O3S. The second-order valence-electron chi connectivity index (χ2n) is 6.18. The molecule has 2 rings (SSSR count). The van der Waals surface area contributed by atoms with E-state index in [9.17, 15) is 9.59 Å².